The third kappa shape index (κ3) is 3.66. The Morgan fingerprint density at radius 3 is 2.38 bits per heavy atom. The van der Waals surface area contributed by atoms with Crippen molar-refractivity contribution >= 4 is 6.29 Å². The van der Waals surface area contributed by atoms with Gasteiger partial charge in [0.15, 0.2) is 0 Å². The van der Waals surface area contributed by atoms with Gasteiger partial charge in [-0.2, -0.15) is 0 Å². The van der Waals surface area contributed by atoms with Crippen LogP contribution < -0.4 is 4.74 Å². The van der Waals surface area contributed by atoms with Crippen LogP contribution in [0.1, 0.15) is 19.4 Å². The second-order valence-corrected chi connectivity index (χ2v) is 3.86. The Morgan fingerprint density at radius 2 is 1.88 bits per heavy atom. The molecule has 0 aliphatic carbocycles. The van der Waals surface area contributed by atoms with Crippen molar-refractivity contribution in [2.45, 2.75) is 26.6 Å². The van der Waals surface area contributed by atoms with Crippen LogP contribution in [0.4, 0.5) is 0 Å². The second kappa shape index (κ2) is 6.28. The zero-order valence-corrected chi connectivity index (χ0v) is 9.97. The van der Waals surface area contributed by atoms with Crippen molar-refractivity contribution < 1.29 is 14.3 Å². The lowest BCUT2D eigenvalue weighted by atomic mass is 10.1. The summed E-state index contributed by atoms with van der Waals surface area (Å²) >= 11 is 0. The molecule has 1 rings (SSSR count). The molecule has 0 saturated heterocycles. The highest BCUT2D eigenvalue weighted by Gasteiger charge is 2.11. The summed E-state index contributed by atoms with van der Waals surface area (Å²) in [4.78, 5) is 10.5. The summed E-state index contributed by atoms with van der Waals surface area (Å²) in [5.74, 6) is 0.760. The van der Waals surface area contributed by atoms with Crippen molar-refractivity contribution in [3.63, 3.8) is 0 Å². The number of ether oxygens (including phenoxy) is 2. The highest BCUT2D eigenvalue weighted by Crippen LogP contribution is 2.13. The van der Waals surface area contributed by atoms with Gasteiger partial charge in [-0.25, -0.2) is 0 Å². The Bertz CT molecular complexity index is 318. The molecule has 0 N–H and O–H groups in total. The lowest BCUT2D eigenvalue weighted by molar-refractivity contribution is -0.115. The number of rotatable bonds is 6. The fraction of sp³-hybridized carbons (Fsp3) is 0.462. The third-order valence-electron chi connectivity index (χ3n) is 2.63. The largest absolute Gasteiger partial charge is 0.497 e. The smallest absolute Gasteiger partial charge is 0.125 e. The van der Waals surface area contributed by atoms with Gasteiger partial charge in [-0.05, 0) is 24.6 Å². The monoisotopic (exact) mass is 222 g/mol. The quantitative estimate of drug-likeness (QED) is 0.693. The van der Waals surface area contributed by atoms with Gasteiger partial charge in [0, 0.05) is 5.92 Å². The van der Waals surface area contributed by atoms with E-state index in [2.05, 4.69) is 0 Å². The maximum Gasteiger partial charge on any atom is 0.125 e. The van der Waals surface area contributed by atoms with E-state index in [1.54, 1.807) is 7.11 Å². The lowest BCUT2D eigenvalue weighted by Crippen LogP contribution is -2.18. The summed E-state index contributed by atoms with van der Waals surface area (Å²) in [5.41, 5.74) is 1.07. The molecule has 2 atom stereocenters. The topological polar surface area (TPSA) is 35.5 Å². The summed E-state index contributed by atoms with van der Waals surface area (Å²) in [6, 6.07) is 7.70. The van der Waals surface area contributed by atoms with Gasteiger partial charge in [-0.15, -0.1) is 0 Å². The molecular weight excluding hydrogens is 204 g/mol. The standard InChI is InChI=1S/C13H18O3/c1-10(8-14)11(2)16-9-12-4-6-13(15-3)7-5-12/h4-8,10-11H,9H2,1-3H3/t10-,11-/m0/s1. The first-order valence-corrected chi connectivity index (χ1v) is 5.37. The van der Waals surface area contributed by atoms with E-state index in [9.17, 15) is 4.79 Å². The molecule has 0 aliphatic rings. The van der Waals surface area contributed by atoms with Crippen LogP contribution in [0.2, 0.25) is 0 Å². The highest BCUT2D eigenvalue weighted by atomic mass is 16.5. The molecule has 0 saturated carbocycles. The third-order valence-corrected chi connectivity index (χ3v) is 2.63. The molecule has 0 heterocycles. The Morgan fingerprint density at radius 1 is 1.25 bits per heavy atom. The van der Waals surface area contributed by atoms with Gasteiger partial charge in [0.2, 0.25) is 0 Å². The zero-order chi connectivity index (χ0) is 12.0. The number of hydrogen-bond acceptors (Lipinski definition) is 3. The maximum atomic E-state index is 10.5. The Balaban J connectivity index is 2.45. The van der Waals surface area contributed by atoms with Crippen molar-refractivity contribution in [3.8, 4) is 5.75 Å². The van der Waals surface area contributed by atoms with Gasteiger partial charge in [0.05, 0.1) is 19.8 Å². The van der Waals surface area contributed by atoms with Crippen LogP contribution in [0.3, 0.4) is 0 Å². The zero-order valence-electron chi connectivity index (χ0n) is 9.97. The van der Waals surface area contributed by atoms with E-state index < -0.39 is 0 Å². The predicted octanol–water partition coefficient (Wildman–Crippen LogP) is 2.44. The van der Waals surface area contributed by atoms with Gasteiger partial charge in [-0.3, -0.25) is 0 Å². The highest BCUT2D eigenvalue weighted by molar-refractivity contribution is 5.53. The van der Waals surface area contributed by atoms with Crippen molar-refractivity contribution in [2.24, 2.45) is 5.92 Å². The van der Waals surface area contributed by atoms with E-state index in [-0.39, 0.29) is 12.0 Å². The maximum absolute atomic E-state index is 10.5. The Hall–Kier alpha value is -1.35. The molecule has 0 aliphatic heterocycles. The molecule has 3 heteroatoms. The number of carbonyl (C=O) groups is 1. The van der Waals surface area contributed by atoms with Crippen LogP contribution in [0.25, 0.3) is 0 Å². The average molecular weight is 222 g/mol. The van der Waals surface area contributed by atoms with Gasteiger partial charge in [0.25, 0.3) is 0 Å². The van der Waals surface area contributed by atoms with Crippen LogP contribution in [-0.2, 0) is 16.1 Å². The van der Waals surface area contributed by atoms with Gasteiger partial charge in [0.1, 0.15) is 12.0 Å². The Labute approximate surface area is 96.4 Å². The number of carbonyl (C=O) groups excluding carboxylic acids is 1. The lowest BCUT2D eigenvalue weighted by Gasteiger charge is -2.15. The summed E-state index contributed by atoms with van der Waals surface area (Å²) in [7, 11) is 1.64. The van der Waals surface area contributed by atoms with Gasteiger partial charge < -0.3 is 14.3 Å². The summed E-state index contributed by atoms with van der Waals surface area (Å²) in [6.07, 6.45) is 0.859. The van der Waals surface area contributed by atoms with Crippen LogP contribution >= 0.6 is 0 Å². The minimum Gasteiger partial charge on any atom is -0.497 e. The first-order valence-electron chi connectivity index (χ1n) is 5.37. The van der Waals surface area contributed by atoms with E-state index in [0.717, 1.165) is 17.6 Å². The van der Waals surface area contributed by atoms with E-state index in [1.807, 2.05) is 38.1 Å². The summed E-state index contributed by atoms with van der Waals surface area (Å²) in [5, 5.41) is 0. The minimum atomic E-state index is -0.0711. The van der Waals surface area contributed by atoms with Crippen molar-refractivity contribution in [1.82, 2.24) is 0 Å². The van der Waals surface area contributed by atoms with Crippen LogP contribution in [0.15, 0.2) is 24.3 Å². The summed E-state index contributed by atoms with van der Waals surface area (Å²) < 4.78 is 10.6. The molecule has 0 radical (unpaired) electrons. The fourth-order valence-electron chi connectivity index (χ4n) is 1.21. The normalized spacial score (nSPS) is 14.2. The Kier molecular flexibility index (Phi) is 4.99. The van der Waals surface area contributed by atoms with Crippen molar-refractivity contribution in [3.05, 3.63) is 29.8 Å². The molecule has 0 unspecified atom stereocenters. The number of hydrogen-bond donors (Lipinski definition) is 0. The van der Waals surface area contributed by atoms with E-state index in [4.69, 9.17) is 9.47 Å². The molecule has 0 amide bonds. The molecule has 0 aromatic heterocycles. The molecule has 88 valence electrons. The predicted molar refractivity (Wildman–Crippen MR) is 62.5 cm³/mol. The number of methoxy groups -OCH3 is 1. The molecule has 1 aromatic carbocycles. The van der Waals surface area contributed by atoms with E-state index in [1.165, 1.54) is 0 Å². The number of aldehydes is 1. The van der Waals surface area contributed by atoms with Crippen LogP contribution in [-0.4, -0.2) is 19.5 Å². The first-order chi connectivity index (χ1) is 7.67. The number of benzene rings is 1. The van der Waals surface area contributed by atoms with Crippen LogP contribution in [0, 0.1) is 5.92 Å². The molecule has 0 spiro atoms. The molecule has 0 bridgehead atoms. The minimum absolute atomic E-state index is 0.0559. The molecule has 3 nitrogen and oxygen atoms in total. The summed E-state index contributed by atoms with van der Waals surface area (Å²) in [6.45, 7) is 4.28. The van der Waals surface area contributed by atoms with E-state index in [0.29, 0.717) is 6.61 Å². The van der Waals surface area contributed by atoms with E-state index >= 15 is 0 Å². The molecule has 0 fully saturated rings. The second-order valence-electron chi connectivity index (χ2n) is 3.86. The van der Waals surface area contributed by atoms with Crippen LogP contribution in [0.5, 0.6) is 5.75 Å². The van der Waals surface area contributed by atoms with Gasteiger partial charge in [-0.1, -0.05) is 19.1 Å². The average Bonchev–Trinajstić information content (AvgIpc) is 2.35. The molecule has 1 aromatic rings. The molecule has 16 heavy (non-hydrogen) atoms. The van der Waals surface area contributed by atoms with Crippen molar-refractivity contribution in [2.75, 3.05) is 7.11 Å². The fourth-order valence-corrected chi connectivity index (χ4v) is 1.21. The van der Waals surface area contributed by atoms with Crippen molar-refractivity contribution in [1.29, 1.82) is 0 Å². The molecular formula is C13H18O3. The first kappa shape index (κ1) is 12.7. The van der Waals surface area contributed by atoms with Gasteiger partial charge >= 0.3 is 0 Å². The SMILES string of the molecule is COc1ccc(CO[C@@H](C)[C@@H](C)C=O)cc1.